The smallest absolute Gasteiger partial charge is 0.166 e. The zero-order valence-corrected chi connectivity index (χ0v) is 8.89. The zero-order valence-electron chi connectivity index (χ0n) is 8.07. The van der Waals surface area contributed by atoms with Crippen molar-refractivity contribution in [1.82, 2.24) is 9.80 Å². The van der Waals surface area contributed by atoms with Crippen LogP contribution in [0.3, 0.4) is 0 Å². The first-order valence-corrected chi connectivity index (χ1v) is 5.30. The van der Waals surface area contributed by atoms with Gasteiger partial charge in [-0.3, -0.25) is 0 Å². The lowest BCUT2D eigenvalue weighted by molar-refractivity contribution is 0.178. The summed E-state index contributed by atoms with van der Waals surface area (Å²) in [7, 11) is 2.19. The van der Waals surface area contributed by atoms with E-state index in [2.05, 4.69) is 16.8 Å². The molecule has 2 rings (SSSR count). The largest absolute Gasteiger partial charge is 0.376 e. The highest BCUT2D eigenvalue weighted by Gasteiger charge is 2.36. The van der Waals surface area contributed by atoms with Crippen molar-refractivity contribution in [1.29, 1.82) is 0 Å². The first-order valence-electron chi connectivity index (χ1n) is 4.89. The van der Waals surface area contributed by atoms with Crippen LogP contribution in [0.2, 0.25) is 0 Å². The van der Waals surface area contributed by atoms with Crippen molar-refractivity contribution in [2.75, 3.05) is 33.2 Å². The fraction of sp³-hybridized carbons (Fsp3) is 0.889. The SMILES string of the molecule is CN1CCC2CN(C(N)=S)CC2C1. The average Bonchev–Trinajstić information content (AvgIpc) is 2.46. The molecule has 2 fully saturated rings. The molecule has 0 saturated carbocycles. The Labute approximate surface area is 84.9 Å². The predicted molar refractivity (Wildman–Crippen MR) is 57.5 cm³/mol. The van der Waals surface area contributed by atoms with Gasteiger partial charge in [0.1, 0.15) is 0 Å². The monoisotopic (exact) mass is 199 g/mol. The molecule has 0 radical (unpaired) electrons. The summed E-state index contributed by atoms with van der Waals surface area (Å²) < 4.78 is 0. The van der Waals surface area contributed by atoms with Gasteiger partial charge in [0.15, 0.2) is 5.11 Å². The highest BCUT2D eigenvalue weighted by molar-refractivity contribution is 7.80. The topological polar surface area (TPSA) is 32.5 Å². The van der Waals surface area contributed by atoms with Crippen LogP contribution in [0.15, 0.2) is 0 Å². The average molecular weight is 199 g/mol. The normalized spacial score (nSPS) is 34.7. The minimum atomic E-state index is 0.581. The zero-order chi connectivity index (χ0) is 9.42. The molecule has 0 aromatic heterocycles. The van der Waals surface area contributed by atoms with Crippen molar-refractivity contribution in [2.45, 2.75) is 6.42 Å². The Hall–Kier alpha value is -0.350. The van der Waals surface area contributed by atoms with Crippen molar-refractivity contribution >= 4 is 17.3 Å². The lowest BCUT2D eigenvalue weighted by Gasteiger charge is -2.31. The predicted octanol–water partition coefficient (Wildman–Crippen LogP) is 0.113. The molecule has 2 unspecified atom stereocenters. The highest BCUT2D eigenvalue weighted by atomic mass is 32.1. The van der Waals surface area contributed by atoms with Gasteiger partial charge in [-0.2, -0.15) is 0 Å². The number of thiocarbonyl (C=S) groups is 1. The Morgan fingerprint density at radius 3 is 2.69 bits per heavy atom. The highest BCUT2D eigenvalue weighted by Crippen LogP contribution is 2.30. The van der Waals surface area contributed by atoms with Crippen LogP contribution in [0, 0.1) is 11.8 Å². The summed E-state index contributed by atoms with van der Waals surface area (Å²) >= 11 is 5.00. The van der Waals surface area contributed by atoms with Crippen molar-refractivity contribution < 1.29 is 0 Å². The standard InChI is InChI=1S/C9H17N3S/c1-11-3-2-7-5-12(9(10)13)6-8(7)4-11/h7-8H,2-6H2,1H3,(H2,10,13). The molecule has 0 aromatic rings. The number of hydrogen-bond acceptors (Lipinski definition) is 2. The lowest BCUT2D eigenvalue weighted by Crippen LogP contribution is -2.37. The number of likely N-dealkylation sites (tertiary alicyclic amines) is 2. The Bertz CT molecular complexity index is 219. The fourth-order valence-corrected chi connectivity index (χ4v) is 2.68. The van der Waals surface area contributed by atoms with Gasteiger partial charge in [-0.1, -0.05) is 0 Å². The van der Waals surface area contributed by atoms with Gasteiger partial charge in [-0.05, 0) is 44.1 Å². The van der Waals surface area contributed by atoms with Gasteiger partial charge in [-0.25, -0.2) is 0 Å². The van der Waals surface area contributed by atoms with Crippen LogP contribution in [-0.2, 0) is 0 Å². The number of nitrogens with two attached hydrogens (primary N) is 1. The van der Waals surface area contributed by atoms with Crippen molar-refractivity contribution in [3.05, 3.63) is 0 Å². The third-order valence-corrected chi connectivity index (χ3v) is 3.57. The summed E-state index contributed by atoms with van der Waals surface area (Å²) in [6.45, 7) is 4.61. The summed E-state index contributed by atoms with van der Waals surface area (Å²) in [5, 5.41) is 0.581. The Morgan fingerprint density at radius 2 is 2.00 bits per heavy atom. The molecule has 74 valence electrons. The maximum absolute atomic E-state index is 5.63. The van der Waals surface area contributed by atoms with E-state index in [0.29, 0.717) is 5.11 Å². The fourth-order valence-electron chi connectivity index (χ4n) is 2.53. The molecule has 0 amide bonds. The van der Waals surface area contributed by atoms with Gasteiger partial charge in [0, 0.05) is 19.6 Å². The molecule has 2 saturated heterocycles. The number of hydrogen-bond donors (Lipinski definition) is 1. The van der Waals surface area contributed by atoms with E-state index in [-0.39, 0.29) is 0 Å². The van der Waals surface area contributed by atoms with E-state index in [1.807, 2.05) is 0 Å². The number of piperidine rings is 1. The first-order chi connectivity index (χ1) is 6.16. The molecule has 0 aromatic carbocycles. The van der Waals surface area contributed by atoms with Crippen molar-refractivity contribution in [2.24, 2.45) is 17.6 Å². The molecular formula is C9H17N3S. The summed E-state index contributed by atoms with van der Waals surface area (Å²) in [5.74, 6) is 1.62. The molecule has 13 heavy (non-hydrogen) atoms. The molecule has 0 aliphatic carbocycles. The third kappa shape index (κ3) is 1.79. The number of rotatable bonds is 0. The van der Waals surface area contributed by atoms with Crippen LogP contribution in [0.4, 0.5) is 0 Å². The second-order valence-corrected chi connectivity index (χ2v) is 4.73. The van der Waals surface area contributed by atoms with Gasteiger partial charge >= 0.3 is 0 Å². The molecule has 2 N–H and O–H groups in total. The molecule has 2 aliphatic heterocycles. The van der Waals surface area contributed by atoms with Gasteiger partial charge in [0.2, 0.25) is 0 Å². The van der Waals surface area contributed by atoms with Crippen LogP contribution in [-0.4, -0.2) is 48.1 Å². The van der Waals surface area contributed by atoms with E-state index in [0.717, 1.165) is 24.9 Å². The summed E-state index contributed by atoms with van der Waals surface area (Å²) in [6.07, 6.45) is 1.31. The molecule has 0 spiro atoms. The molecule has 2 aliphatic rings. The molecular weight excluding hydrogens is 182 g/mol. The van der Waals surface area contributed by atoms with Crippen LogP contribution in [0.5, 0.6) is 0 Å². The molecule has 4 heteroatoms. The van der Waals surface area contributed by atoms with Gasteiger partial charge in [-0.15, -0.1) is 0 Å². The molecule has 2 atom stereocenters. The Morgan fingerprint density at radius 1 is 1.31 bits per heavy atom. The van der Waals surface area contributed by atoms with E-state index in [1.165, 1.54) is 19.5 Å². The maximum atomic E-state index is 5.63. The second-order valence-electron chi connectivity index (χ2n) is 4.31. The minimum Gasteiger partial charge on any atom is -0.376 e. The van der Waals surface area contributed by atoms with E-state index in [4.69, 9.17) is 18.0 Å². The van der Waals surface area contributed by atoms with Crippen LogP contribution < -0.4 is 5.73 Å². The number of nitrogens with zero attached hydrogens (tertiary/aromatic N) is 2. The second kappa shape index (κ2) is 3.42. The van der Waals surface area contributed by atoms with Crippen LogP contribution in [0.25, 0.3) is 0 Å². The van der Waals surface area contributed by atoms with E-state index < -0.39 is 0 Å². The Kier molecular flexibility index (Phi) is 2.43. The van der Waals surface area contributed by atoms with Crippen LogP contribution >= 0.6 is 12.2 Å². The van der Waals surface area contributed by atoms with E-state index in [9.17, 15) is 0 Å². The summed E-state index contributed by atoms with van der Waals surface area (Å²) in [6, 6.07) is 0. The molecule has 0 bridgehead atoms. The lowest BCUT2D eigenvalue weighted by atomic mass is 9.89. The van der Waals surface area contributed by atoms with Gasteiger partial charge in [0.05, 0.1) is 0 Å². The van der Waals surface area contributed by atoms with E-state index >= 15 is 0 Å². The van der Waals surface area contributed by atoms with Gasteiger partial charge < -0.3 is 15.5 Å². The minimum absolute atomic E-state index is 0.581. The molecule has 3 nitrogen and oxygen atoms in total. The number of fused-ring (bicyclic) bond motifs is 1. The van der Waals surface area contributed by atoms with Crippen LogP contribution in [0.1, 0.15) is 6.42 Å². The maximum Gasteiger partial charge on any atom is 0.166 e. The quantitative estimate of drug-likeness (QED) is 0.561. The third-order valence-electron chi connectivity index (χ3n) is 3.32. The summed E-state index contributed by atoms with van der Waals surface area (Å²) in [5.41, 5.74) is 5.63. The van der Waals surface area contributed by atoms with Crippen molar-refractivity contribution in [3.63, 3.8) is 0 Å². The Balaban J connectivity index is 1.98. The van der Waals surface area contributed by atoms with Gasteiger partial charge in [0.25, 0.3) is 0 Å². The first kappa shape index (κ1) is 9.21. The summed E-state index contributed by atoms with van der Waals surface area (Å²) in [4.78, 5) is 4.56. The molecule has 2 heterocycles. The van der Waals surface area contributed by atoms with Crippen molar-refractivity contribution in [3.8, 4) is 0 Å². The van der Waals surface area contributed by atoms with E-state index in [1.54, 1.807) is 0 Å².